The minimum atomic E-state index is 0.0880. The first-order chi connectivity index (χ1) is 3.85. The maximum Gasteiger partial charge on any atom is 0.0238 e. The van der Waals surface area contributed by atoms with Crippen LogP contribution in [0.2, 0.25) is 0 Å². The van der Waals surface area contributed by atoms with E-state index in [1.165, 1.54) is 0 Å². The van der Waals surface area contributed by atoms with Gasteiger partial charge in [0.25, 0.3) is 0 Å². The van der Waals surface area contributed by atoms with Crippen molar-refractivity contribution in [3.63, 3.8) is 0 Å². The third-order valence-corrected chi connectivity index (χ3v) is 1.57. The summed E-state index contributed by atoms with van der Waals surface area (Å²) >= 11 is 0. The second kappa shape index (κ2) is 2.67. The fourth-order valence-corrected chi connectivity index (χ4v) is 0.789. The van der Waals surface area contributed by atoms with E-state index in [0.29, 0.717) is 0 Å². The largest absolute Gasteiger partial charge is 0.327 e. The van der Waals surface area contributed by atoms with E-state index in [9.17, 15) is 0 Å². The quantitative estimate of drug-likeness (QED) is 0.549. The fraction of sp³-hybridized carbons (Fsp3) is 1.00. The highest BCUT2D eigenvalue weighted by Gasteiger charge is 2.23. The van der Waals surface area contributed by atoms with Crippen LogP contribution in [0.25, 0.3) is 0 Å². The fourth-order valence-electron chi connectivity index (χ4n) is 0.789. The van der Waals surface area contributed by atoms with Crippen LogP contribution in [0.5, 0.6) is 0 Å². The molecule has 0 bridgehead atoms. The molecule has 2 atom stereocenters. The van der Waals surface area contributed by atoms with Gasteiger partial charge in [-0.05, 0) is 12.3 Å². The van der Waals surface area contributed by atoms with Crippen LogP contribution in [0.4, 0.5) is 0 Å². The summed E-state index contributed by atoms with van der Waals surface area (Å²) in [4.78, 5) is 0. The lowest BCUT2D eigenvalue weighted by Crippen LogP contribution is -2.47. The topological polar surface area (TPSA) is 52.0 Å². The normalized spacial score (nSPS) is 19.3. The van der Waals surface area contributed by atoms with Gasteiger partial charge in [0.15, 0.2) is 0 Å². The molecule has 0 saturated carbocycles. The molecular formula is C7H18N2. The maximum atomic E-state index is 5.77. The van der Waals surface area contributed by atoms with Gasteiger partial charge >= 0.3 is 0 Å². The van der Waals surface area contributed by atoms with Gasteiger partial charge in [-0.3, -0.25) is 0 Å². The zero-order valence-corrected chi connectivity index (χ0v) is 6.81. The summed E-state index contributed by atoms with van der Waals surface area (Å²) in [5.74, 6) is 0. The Morgan fingerprint density at radius 2 is 1.44 bits per heavy atom. The molecule has 2 unspecified atom stereocenters. The summed E-state index contributed by atoms with van der Waals surface area (Å²) in [6, 6.07) is 0.183. The van der Waals surface area contributed by atoms with Crippen LogP contribution < -0.4 is 11.5 Å². The molecule has 2 heteroatoms. The zero-order chi connectivity index (χ0) is 7.65. The lowest BCUT2D eigenvalue weighted by Gasteiger charge is -2.29. The highest BCUT2D eigenvalue weighted by atomic mass is 14.8. The molecule has 0 aliphatic rings. The first kappa shape index (κ1) is 8.92. The van der Waals surface area contributed by atoms with Gasteiger partial charge in [0.2, 0.25) is 0 Å². The van der Waals surface area contributed by atoms with Crippen molar-refractivity contribution in [2.45, 2.75) is 39.8 Å². The molecule has 0 amide bonds. The maximum absolute atomic E-state index is 5.77. The Kier molecular flexibility index (Phi) is 2.65. The minimum Gasteiger partial charge on any atom is -0.327 e. The molecule has 9 heavy (non-hydrogen) atoms. The van der Waals surface area contributed by atoms with Gasteiger partial charge in [0.1, 0.15) is 0 Å². The smallest absolute Gasteiger partial charge is 0.0238 e. The molecule has 0 aromatic heterocycles. The van der Waals surface area contributed by atoms with Crippen molar-refractivity contribution in [1.82, 2.24) is 0 Å². The van der Waals surface area contributed by atoms with Gasteiger partial charge in [0, 0.05) is 12.1 Å². The Balaban J connectivity index is 3.88. The van der Waals surface area contributed by atoms with Gasteiger partial charge < -0.3 is 11.5 Å². The summed E-state index contributed by atoms with van der Waals surface area (Å²) in [5, 5.41) is 0. The average molecular weight is 130 g/mol. The van der Waals surface area contributed by atoms with Crippen LogP contribution in [0, 0.1) is 5.41 Å². The number of hydrogen-bond donors (Lipinski definition) is 2. The summed E-state index contributed by atoms with van der Waals surface area (Å²) in [6.07, 6.45) is 0. The molecule has 0 aliphatic carbocycles. The molecule has 0 aromatic carbocycles. The molecule has 0 aliphatic heterocycles. The standard InChI is InChI=1S/C7H18N2/c1-5(8)6(9)7(2,3)4/h5-6H,8-9H2,1-4H3. The van der Waals surface area contributed by atoms with Gasteiger partial charge in [-0.15, -0.1) is 0 Å². The molecule has 56 valence electrons. The Hall–Kier alpha value is -0.0800. The third-order valence-electron chi connectivity index (χ3n) is 1.57. The van der Waals surface area contributed by atoms with Crippen LogP contribution in [0.15, 0.2) is 0 Å². The summed E-state index contributed by atoms with van der Waals surface area (Å²) in [7, 11) is 0. The minimum absolute atomic E-state index is 0.0880. The first-order valence-electron chi connectivity index (χ1n) is 3.37. The summed E-state index contributed by atoms with van der Waals surface area (Å²) in [5.41, 5.74) is 11.5. The predicted molar refractivity (Wildman–Crippen MR) is 41.1 cm³/mol. The van der Waals surface area contributed by atoms with E-state index in [0.717, 1.165) is 0 Å². The average Bonchev–Trinajstić information content (AvgIpc) is 1.62. The molecule has 0 radical (unpaired) electrons. The first-order valence-corrected chi connectivity index (χ1v) is 3.37. The van der Waals surface area contributed by atoms with Crippen LogP contribution in [-0.4, -0.2) is 12.1 Å². The molecular weight excluding hydrogens is 112 g/mol. The van der Waals surface area contributed by atoms with E-state index in [4.69, 9.17) is 11.5 Å². The van der Waals surface area contributed by atoms with Gasteiger partial charge in [0.05, 0.1) is 0 Å². The zero-order valence-electron chi connectivity index (χ0n) is 6.81. The van der Waals surface area contributed by atoms with Gasteiger partial charge in [-0.1, -0.05) is 20.8 Å². The van der Waals surface area contributed by atoms with E-state index < -0.39 is 0 Å². The van der Waals surface area contributed by atoms with E-state index in [1.807, 2.05) is 6.92 Å². The highest BCUT2D eigenvalue weighted by Crippen LogP contribution is 2.18. The van der Waals surface area contributed by atoms with Crippen LogP contribution in [0.3, 0.4) is 0 Å². The van der Waals surface area contributed by atoms with E-state index in [-0.39, 0.29) is 17.5 Å². The lowest BCUT2D eigenvalue weighted by molar-refractivity contribution is 0.289. The van der Waals surface area contributed by atoms with Crippen molar-refractivity contribution in [3.8, 4) is 0 Å². The molecule has 0 aromatic rings. The number of nitrogens with two attached hydrogens (primary N) is 2. The van der Waals surface area contributed by atoms with Crippen LogP contribution in [0.1, 0.15) is 27.7 Å². The Bertz CT molecular complexity index is 81.4. The summed E-state index contributed by atoms with van der Waals surface area (Å²) in [6.45, 7) is 8.24. The number of hydrogen-bond acceptors (Lipinski definition) is 2. The highest BCUT2D eigenvalue weighted by molar-refractivity contribution is 4.83. The van der Waals surface area contributed by atoms with Crippen molar-refractivity contribution in [2.24, 2.45) is 16.9 Å². The number of rotatable bonds is 1. The lowest BCUT2D eigenvalue weighted by atomic mass is 9.84. The Morgan fingerprint density at radius 1 is 1.11 bits per heavy atom. The Labute approximate surface area is 57.6 Å². The van der Waals surface area contributed by atoms with E-state index in [2.05, 4.69) is 20.8 Å². The second-order valence-electron chi connectivity index (χ2n) is 3.75. The van der Waals surface area contributed by atoms with Crippen molar-refractivity contribution in [3.05, 3.63) is 0 Å². The van der Waals surface area contributed by atoms with Crippen molar-refractivity contribution < 1.29 is 0 Å². The van der Waals surface area contributed by atoms with Crippen LogP contribution >= 0.6 is 0 Å². The van der Waals surface area contributed by atoms with Crippen molar-refractivity contribution >= 4 is 0 Å². The predicted octanol–water partition coefficient (Wildman–Crippen LogP) is 0.707. The van der Waals surface area contributed by atoms with Gasteiger partial charge in [-0.25, -0.2) is 0 Å². The monoisotopic (exact) mass is 130 g/mol. The van der Waals surface area contributed by atoms with E-state index >= 15 is 0 Å². The van der Waals surface area contributed by atoms with Crippen molar-refractivity contribution in [2.75, 3.05) is 0 Å². The Morgan fingerprint density at radius 3 is 1.44 bits per heavy atom. The molecule has 0 rings (SSSR count). The van der Waals surface area contributed by atoms with E-state index in [1.54, 1.807) is 0 Å². The van der Waals surface area contributed by atoms with Crippen LogP contribution in [-0.2, 0) is 0 Å². The molecule has 0 saturated heterocycles. The molecule has 0 fully saturated rings. The SMILES string of the molecule is CC(N)C(N)C(C)(C)C. The molecule has 4 N–H and O–H groups in total. The van der Waals surface area contributed by atoms with Crippen molar-refractivity contribution in [1.29, 1.82) is 0 Å². The molecule has 0 heterocycles. The summed E-state index contributed by atoms with van der Waals surface area (Å²) < 4.78 is 0. The molecule has 0 spiro atoms. The third kappa shape index (κ3) is 2.82. The second-order valence-corrected chi connectivity index (χ2v) is 3.75. The molecule has 2 nitrogen and oxygen atoms in total. The van der Waals surface area contributed by atoms with Gasteiger partial charge in [-0.2, -0.15) is 0 Å².